The third-order valence-electron chi connectivity index (χ3n) is 5.06. The van der Waals surface area contributed by atoms with Gasteiger partial charge in [-0.05, 0) is 42.7 Å². The number of benzene rings is 2. The molecule has 0 aliphatic carbocycles. The molecule has 162 valence electrons. The summed E-state index contributed by atoms with van der Waals surface area (Å²) >= 11 is 0. The number of aromatic nitrogens is 3. The SMILES string of the molecule is NS(=O)(=O)Cc1cccc(Nc2ncnc(N3CCCC3CNc3ccccc3)n2)c1. The van der Waals surface area contributed by atoms with Gasteiger partial charge in [-0.2, -0.15) is 4.98 Å². The molecule has 1 atom stereocenters. The van der Waals surface area contributed by atoms with Crippen LogP contribution in [-0.2, 0) is 15.8 Å². The first-order valence-corrected chi connectivity index (χ1v) is 11.8. The van der Waals surface area contributed by atoms with Gasteiger partial charge in [0.05, 0.1) is 5.75 Å². The van der Waals surface area contributed by atoms with Crippen molar-refractivity contribution in [3.05, 3.63) is 66.5 Å². The Kier molecular flexibility index (Phi) is 6.28. The van der Waals surface area contributed by atoms with Crippen LogP contribution in [0, 0.1) is 0 Å². The maximum Gasteiger partial charge on any atom is 0.231 e. The second kappa shape index (κ2) is 9.27. The first-order chi connectivity index (χ1) is 15.0. The minimum absolute atomic E-state index is 0.227. The van der Waals surface area contributed by atoms with Crippen molar-refractivity contribution >= 4 is 33.3 Å². The van der Waals surface area contributed by atoms with Gasteiger partial charge in [-0.25, -0.2) is 23.5 Å². The highest BCUT2D eigenvalue weighted by molar-refractivity contribution is 7.88. The van der Waals surface area contributed by atoms with Crippen LogP contribution >= 0.6 is 0 Å². The van der Waals surface area contributed by atoms with Crippen LogP contribution in [0.1, 0.15) is 18.4 Å². The fourth-order valence-corrected chi connectivity index (χ4v) is 4.33. The summed E-state index contributed by atoms with van der Waals surface area (Å²) in [6.07, 6.45) is 3.62. The van der Waals surface area contributed by atoms with Gasteiger partial charge >= 0.3 is 0 Å². The normalized spacial score (nSPS) is 16.3. The van der Waals surface area contributed by atoms with Crippen LogP contribution in [-0.4, -0.2) is 42.5 Å². The zero-order valence-electron chi connectivity index (χ0n) is 17.0. The third kappa shape index (κ3) is 5.89. The van der Waals surface area contributed by atoms with E-state index in [4.69, 9.17) is 5.14 Å². The van der Waals surface area contributed by atoms with E-state index in [2.05, 4.69) is 30.5 Å². The summed E-state index contributed by atoms with van der Waals surface area (Å²) in [7, 11) is -3.60. The van der Waals surface area contributed by atoms with Gasteiger partial charge in [0.15, 0.2) is 0 Å². The fraction of sp³-hybridized carbons (Fsp3) is 0.286. The highest BCUT2D eigenvalue weighted by Crippen LogP contribution is 2.24. The Morgan fingerprint density at radius 1 is 1.06 bits per heavy atom. The number of rotatable bonds is 8. The first kappa shape index (κ1) is 21.0. The summed E-state index contributed by atoms with van der Waals surface area (Å²) < 4.78 is 22.7. The van der Waals surface area contributed by atoms with Gasteiger partial charge in [-0.3, -0.25) is 0 Å². The van der Waals surface area contributed by atoms with Gasteiger partial charge in [-0.15, -0.1) is 0 Å². The molecule has 0 bridgehead atoms. The highest BCUT2D eigenvalue weighted by atomic mass is 32.2. The molecular weight excluding hydrogens is 414 g/mol. The zero-order valence-corrected chi connectivity index (χ0v) is 17.8. The van der Waals surface area contributed by atoms with E-state index in [9.17, 15) is 8.42 Å². The van der Waals surface area contributed by atoms with E-state index < -0.39 is 10.0 Å². The van der Waals surface area contributed by atoms with Crippen LogP contribution in [0.5, 0.6) is 0 Å². The Bertz CT molecular complexity index is 1130. The number of hydrogen-bond acceptors (Lipinski definition) is 8. The number of nitrogens with one attached hydrogen (secondary N) is 2. The molecule has 9 nitrogen and oxygen atoms in total. The highest BCUT2D eigenvalue weighted by Gasteiger charge is 2.26. The molecule has 4 N–H and O–H groups in total. The lowest BCUT2D eigenvalue weighted by molar-refractivity contribution is 0.597. The van der Waals surface area contributed by atoms with Crippen LogP contribution in [0.25, 0.3) is 0 Å². The molecule has 31 heavy (non-hydrogen) atoms. The second-order valence-electron chi connectivity index (χ2n) is 7.48. The van der Waals surface area contributed by atoms with Gasteiger partial charge < -0.3 is 15.5 Å². The molecule has 0 radical (unpaired) electrons. The van der Waals surface area contributed by atoms with Crippen LogP contribution < -0.4 is 20.7 Å². The number of primary sulfonamides is 1. The van der Waals surface area contributed by atoms with Crippen molar-refractivity contribution in [3.63, 3.8) is 0 Å². The average molecular weight is 440 g/mol. The molecule has 1 saturated heterocycles. The maximum absolute atomic E-state index is 11.4. The van der Waals surface area contributed by atoms with Crippen LogP contribution in [0.3, 0.4) is 0 Å². The summed E-state index contributed by atoms with van der Waals surface area (Å²) in [6.45, 7) is 1.68. The van der Waals surface area contributed by atoms with Crippen LogP contribution in [0.4, 0.5) is 23.3 Å². The number of nitrogens with zero attached hydrogens (tertiary/aromatic N) is 4. The van der Waals surface area contributed by atoms with E-state index in [0.29, 0.717) is 23.1 Å². The Labute approximate surface area is 181 Å². The Morgan fingerprint density at radius 2 is 1.87 bits per heavy atom. The number of hydrogen-bond donors (Lipinski definition) is 3. The van der Waals surface area contributed by atoms with Crippen molar-refractivity contribution in [2.24, 2.45) is 5.14 Å². The number of anilines is 4. The smallest absolute Gasteiger partial charge is 0.231 e. The standard InChI is InChI=1S/C21H25N7O2S/c22-31(29,30)14-16-6-4-9-18(12-16)26-20-24-15-25-21(27-20)28-11-5-10-19(28)13-23-17-7-2-1-3-8-17/h1-4,6-9,12,15,19,23H,5,10-11,13-14H2,(H2,22,29,30)(H,24,25,26,27). The van der Waals surface area contributed by atoms with E-state index in [1.54, 1.807) is 18.2 Å². The third-order valence-corrected chi connectivity index (χ3v) is 5.80. The molecule has 1 aliphatic rings. The van der Waals surface area contributed by atoms with E-state index >= 15 is 0 Å². The lowest BCUT2D eigenvalue weighted by atomic mass is 10.2. The molecule has 0 amide bonds. The van der Waals surface area contributed by atoms with E-state index in [0.717, 1.165) is 31.6 Å². The molecule has 1 aliphatic heterocycles. The Balaban J connectivity index is 1.45. The summed E-state index contributed by atoms with van der Waals surface area (Å²) in [5, 5.41) is 11.7. The van der Waals surface area contributed by atoms with Crippen LogP contribution in [0.15, 0.2) is 60.9 Å². The monoisotopic (exact) mass is 439 g/mol. The second-order valence-corrected chi connectivity index (χ2v) is 9.09. The fourth-order valence-electron chi connectivity index (χ4n) is 3.69. The molecule has 1 fully saturated rings. The topological polar surface area (TPSA) is 126 Å². The quantitative estimate of drug-likeness (QED) is 0.489. The molecule has 0 saturated carbocycles. The zero-order chi connectivity index (χ0) is 21.7. The summed E-state index contributed by atoms with van der Waals surface area (Å²) in [4.78, 5) is 15.4. The first-order valence-electron chi connectivity index (χ1n) is 10.1. The van der Waals surface area contributed by atoms with Crippen molar-refractivity contribution < 1.29 is 8.42 Å². The van der Waals surface area contributed by atoms with Gasteiger partial charge in [0.25, 0.3) is 0 Å². The van der Waals surface area contributed by atoms with Gasteiger partial charge in [0.2, 0.25) is 21.9 Å². The predicted octanol–water partition coefficient (Wildman–Crippen LogP) is 2.48. The van der Waals surface area contributed by atoms with Gasteiger partial charge in [0.1, 0.15) is 6.33 Å². The molecule has 1 unspecified atom stereocenters. The lowest BCUT2D eigenvalue weighted by Crippen LogP contribution is -2.36. The summed E-state index contributed by atoms with van der Waals surface area (Å²) in [5.41, 5.74) is 2.36. The number of para-hydroxylation sites is 1. The molecule has 2 heterocycles. The van der Waals surface area contributed by atoms with Gasteiger partial charge in [-0.1, -0.05) is 30.3 Å². The van der Waals surface area contributed by atoms with Crippen molar-refractivity contribution in [2.75, 3.05) is 28.6 Å². The molecule has 1 aromatic heterocycles. The van der Waals surface area contributed by atoms with E-state index in [1.165, 1.54) is 6.33 Å². The average Bonchev–Trinajstić information content (AvgIpc) is 3.21. The van der Waals surface area contributed by atoms with Crippen molar-refractivity contribution in [1.82, 2.24) is 15.0 Å². The maximum atomic E-state index is 11.4. The molecule has 3 aromatic rings. The molecule has 10 heteroatoms. The van der Waals surface area contributed by atoms with E-state index in [1.807, 2.05) is 36.4 Å². The predicted molar refractivity (Wildman–Crippen MR) is 122 cm³/mol. The summed E-state index contributed by atoms with van der Waals surface area (Å²) in [5.74, 6) is 0.796. The Morgan fingerprint density at radius 3 is 2.68 bits per heavy atom. The lowest BCUT2D eigenvalue weighted by Gasteiger charge is -2.25. The number of nitrogens with two attached hydrogens (primary N) is 1. The molecule has 4 rings (SSSR count). The van der Waals surface area contributed by atoms with Gasteiger partial charge in [0, 0.05) is 30.5 Å². The number of sulfonamides is 1. The van der Waals surface area contributed by atoms with Crippen molar-refractivity contribution in [3.8, 4) is 0 Å². The van der Waals surface area contributed by atoms with Crippen LogP contribution in [0.2, 0.25) is 0 Å². The largest absolute Gasteiger partial charge is 0.383 e. The molecule has 0 spiro atoms. The minimum atomic E-state index is -3.60. The Hall–Kier alpha value is -3.24. The van der Waals surface area contributed by atoms with E-state index in [-0.39, 0.29) is 11.8 Å². The molecular formula is C21H25N7O2S. The molecule has 2 aromatic carbocycles. The van der Waals surface area contributed by atoms with Crippen molar-refractivity contribution in [1.29, 1.82) is 0 Å². The minimum Gasteiger partial charge on any atom is -0.383 e. The van der Waals surface area contributed by atoms with Crippen molar-refractivity contribution in [2.45, 2.75) is 24.6 Å². The summed E-state index contributed by atoms with van der Waals surface area (Å²) in [6, 6.07) is 17.4.